The quantitative estimate of drug-likeness (QED) is 0.469. The first-order valence-corrected chi connectivity index (χ1v) is 10.7. The van der Waals surface area contributed by atoms with Crippen LogP contribution in [0.3, 0.4) is 0 Å². The third-order valence-electron chi connectivity index (χ3n) is 5.33. The standard InChI is InChI=1S/C26H28O5/c1-5-6-18-13-20-23(15-22(18)28-10-9-16(2)3)31-17(4)25(26(20)27)19-7-8-21-24(14-19)30-12-11-29-21/h7-9,13-15H,5-6,10-12H2,1-4H3. The molecule has 4 rings (SSSR count). The predicted molar refractivity (Wildman–Crippen MR) is 123 cm³/mol. The zero-order valence-electron chi connectivity index (χ0n) is 18.5. The molecule has 0 atom stereocenters. The summed E-state index contributed by atoms with van der Waals surface area (Å²) in [4.78, 5) is 13.5. The second kappa shape index (κ2) is 8.88. The first kappa shape index (κ1) is 21.0. The van der Waals surface area contributed by atoms with E-state index < -0.39 is 0 Å². The van der Waals surface area contributed by atoms with Crippen LogP contribution >= 0.6 is 0 Å². The highest BCUT2D eigenvalue weighted by atomic mass is 16.6. The van der Waals surface area contributed by atoms with E-state index in [-0.39, 0.29) is 5.43 Å². The number of rotatable bonds is 6. The van der Waals surface area contributed by atoms with Crippen LogP contribution in [0.15, 0.2) is 51.2 Å². The van der Waals surface area contributed by atoms with Gasteiger partial charge < -0.3 is 18.6 Å². The maximum atomic E-state index is 13.5. The lowest BCUT2D eigenvalue weighted by atomic mass is 9.99. The van der Waals surface area contributed by atoms with Crippen molar-refractivity contribution in [2.45, 2.75) is 40.5 Å². The van der Waals surface area contributed by atoms with Gasteiger partial charge in [0.05, 0.1) is 10.9 Å². The van der Waals surface area contributed by atoms with Crippen LogP contribution in [0, 0.1) is 6.92 Å². The number of ether oxygens (including phenoxy) is 3. The summed E-state index contributed by atoms with van der Waals surface area (Å²) in [5, 5.41) is 0.563. The maximum Gasteiger partial charge on any atom is 0.200 e. The summed E-state index contributed by atoms with van der Waals surface area (Å²) in [6, 6.07) is 9.34. The predicted octanol–water partition coefficient (Wildman–Crippen LogP) is 5.84. The summed E-state index contributed by atoms with van der Waals surface area (Å²) in [6.45, 7) is 9.53. The SMILES string of the molecule is CCCc1cc2c(=O)c(-c3ccc4c(c3)OCCO4)c(C)oc2cc1OCC=C(C)C. The van der Waals surface area contributed by atoms with Crippen LogP contribution in [0.2, 0.25) is 0 Å². The number of aryl methyl sites for hydroxylation is 2. The van der Waals surface area contributed by atoms with E-state index in [1.54, 1.807) is 0 Å². The summed E-state index contributed by atoms with van der Waals surface area (Å²) in [5.74, 6) is 2.67. The summed E-state index contributed by atoms with van der Waals surface area (Å²) in [6.07, 6.45) is 3.82. The molecule has 0 amide bonds. The fourth-order valence-electron chi connectivity index (χ4n) is 3.81. The molecule has 2 aromatic carbocycles. The molecule has 162 valence electrons. The lowest BCUT2D eigenvalue weighted by molar-refractivity contribution is 0.171. The average Bonchev–Trinajstić information content (AvgIpc) is 2.74. The Bertz CT molecular complexity index is 1200. The summed E-state index contributed by atoms with van der Waals surface area (Å²) >= 11 is 0. The topological polar surface area (TPSA) is 57.9 Å². The van der Waals surface area contributed by atoms with Gasteiger partial charge >= 0.3 is 0 Å². The van der Waals surface area contributed by atoms with Crippen molar-refractivity contribution in [3.8, 4) is 28.4 Å². The van der Waals surface area contributed by atoms with E-state index in [9.17, 15) is 4.79 Å². The normalized spacial score (nSPS) is 12.6. The summed E-state index contributed by atoms with van der Waals surface area (Å²) in [5.41, 5.74) is 4.01. The molecule has 0 aliphatic carbocycles. The first-order chi connectivity index (χ1) is 15.0. The minimum absolute atomic E-state index is 0.0522. The van der Waals surface area contributed by atoms with Crippen LogP contribution in [0.1, 0.15) is 38.5 Å². The van der Waals surface area contributed by atoms with Crippen molar-refractivity contribution in [1.29, 1.82) is 0 Å². The molecule has 0 radical (unpaired) electrons. The molecule has 3 aromatic rings. The Morgan fingerprint density at radius 1 is 1.10 bits per heavy atom. The number of allylic oxidation sites excluding steroid dienone is 1. The average molecular weight is 421 g/mol. The number of benzene rings is 2. The van der Waals surface area contributed by atoms with Gasteiger partial charge in [0.25, 0.3) is 0 Å². The minimum Gasteiger partial charge on any atom is -0.489 e. The molecular formula is C26H28O5. The van der Waals surface area contributed by atoms with E-state index in [0.717, 1.165) is 29.7 Å². The molecule has 2 heterocycles. The lowest BCUT2D eigenvalue weighted by Crippen LogP contribution is -2.15. The number of fused-ring (bicyclic) bond motifs is 2. The van der Waals surface area contributed by atoms with Gasteiger partial charge in [0.1, 0.15) is 36.9 Å². The Morgan fingerprint density at radius 2 is 1.87 bits per heavy atom. The largest absolute Gasteiger partial charge is 0.489 e. The van der Waals surface area contributed by atoms with Gasteiger partial charge in [-0.25, -0.2) is 0 Å². The second-order valence-corrected chi connectivity index (χ2v) is 8.02. The van der Waals surface area contributed by atoms with Crippen LogP contribution in [0.25, 0.3) is 22.1 Å². The van der Waals surface area contributed by atoms with Crippen molar-refractivity contribution >= 4 is 11.0 Å². The molecule has 5 heteroatoms. The van der Waals surface area contributed by atoms with E-state index in [4.69, 9.17) is 18.6 Å². The van der Waals surface area contributed by atoms with Crippen molar-refractivity contribution in [3.05, 3.63) is 63.5 Å². The van der Waals surface area contributed by atoms with Crippen molar-refractivity contribution in [1.82, 2.24) is 0 Å². The highest BCUT2D eigenvalue weighted by Crippen LogP contribution is 2.36. The smallest absolute Gasteiger partial charge is 0.200 e. The first-order valence-electron chi connectivity index (χ1n) is 10.7. The van der Waals surface area contributed by atoms with Crippen molar-refractivity contribution in [2.24, 2.45) is 0 Å². The Morgan fingerprint density at radius 3 is 2.61 bits per heavy atom. The highest BCUT2D eigenvalue weighted by Gasteiger charge is 2.19. The molecule has 0 saturated carbocycles. The molecule has 1 aromatic heterocycles. The van der Waals surface area contributed by atoms with Crippen LogP contribution in [0.5, 0.6) is 17.2 Å². The van der Waals surface area contributed by atoms with Crippen LogP contribution in [-0.2, 0) is 6.42 Å². The molecule has 0 spiro atoms. The Labute approximate surface area is 182 Å². The van der Waals surface area contributed by atoms with Crippen LogP contribution in [-0.4, -0.2) is 19.8 Å². The molecule has 1 aliphatic heterocycles. The van der Waals surface area contributed by atoms with Crippen molar-refractivity contribution in [2.75, 3.05) is 19.8 Å². The van der Waals surface area contributed by atoms with Gasteiger partial charge in [-0.15, -0.1) is 0 Å². The van der Waals surface area contributed by atoms with E-state index >= 15 is 0 Å². The highest BCUT2D eigenvalue weighted by molar-refractivity contribution is 5.85. The Hall–Kier alpha value is -3.21. The summed E-state index contributed by atoms with van der Waals surface area (Å²) < 4.78 is 23.4. The van der Waals surface area contributed by atoms with Gasteiger partial charge in [-0.2, -0.15) is 0 Å². The van der Waals surface area contributed by atoms with Gasteiger partial charge in [-0.1, -0.05) is 25.0 Å². The van der Waals surface area contributed by atoms with Gasteiger partial charge in [-0.05, 0) is 62.6 Å². The van der Waals surface area contributed by atoms with E-state index in [1.165, 1.54) is 5.57 Å². The van der Waals surface area contributed by atoms with E-state index in [1.807, 2.05) is 57.2 Å². The molecule has 31 heavy (non-hydrogen) atoms. The molecule has 0 N–H and O–H groups in total. The molecular weight excluding hydrogens is 392 g/mol. The zero-order valence-corrected chi connectivity index (χ0v) is 18.5. The maximum absolute atomic E-state index is 13.5. The molecule has 0 unspecified atom stereocenters. The molecule has 1 aliphatic rings. The van der Waals surface area contributed by atoms with Crippen molar-refractivity contribution in [3.63, 3.8) is 0 Å². The number of hydrogen-bond acceptors (Lipinski definition) is 5. The van der Waals surface area contributed by atoms with Gasteiger partial charge in [0.2, 0.25) is 5.43 Å². The Kier molecular flexibility index (Phi) is 6.03. The van der Waals surface area contributed by atoms with E-state index in [2.05, 4.69) is 6.92 Å². The molecule has 5 nitrogen and oxygen atoms in total. The fraction of sp³-hybridized carbons (Fsp3) is 0.346. The van der Waals surface area contributed by atoms with Crippen molar-refractivity contribution < 1.29 is 18.6 Å². The number of hydrogen-bond donors (Lipinski definition) is 0. The third kappa shape index (κ3) is 4.31. The minimum atomic E-state index is -0.0522. The lowest BCUT2D eigenvalue weighted by Gasteiger charge is -2.19. The fourth-order valence-corrected chi connectivity index (χ4v) is 3.81. The zero-order chi connectivity index (χ0) is 22.0. The third-order valence-corrected chi connectivity index (χ3v) is 5.33. The van der Waals surface area contributed by atoms with Gasteiger partial charge in [-0.3, -0.25) is 4.79 Å². The van der Waals surface area contributed by atoms with Gasteiger partial charge in [0.15, 0.2) is 11.5 Å². The molecule has 0 bridgehead atoms. The van der Waals surface area contributed by atoms with Gasteiger partial charge in [0, 0.05) is 6.07 Å². The van der Waals surface area contributed by atoms with Crippen LogP contribution < -0.4 is 19.6 Å². The van der Waals surface area contributed by atoms with E-state index in [0.29, 0.717) is 53.6 Å². The van der Waals surface area contributed by atoms with Crippen LogP contribution in [0.4, 0.5) is 0 Å². The second-order valence-electron chi connectivity index (χ2n) is 8.02. The molecule has 0 saturated heterocycles. The summed E-state index contributed by atoms with van der Waals surface area (Å²) in [7, 11) is 0. The molecule has 0 fully saturated rings. The monoisotopic (exact) mass is 420 g/mol. The Balaban J connectivity index is 1.82.